The first kappa shape index (κ1) is 17.3. The van der Waals surface area contributed by atoms with E-state index in [4.69, 9.17) is 4.74 Å². The molecular weight excluding hydrogens is 342 g/mol. The smallest absolute Gasteiger partial charge is 0.253 e. The van der Waals surface area contributed by atoms with Crippen LogP contribution in [0.5, 0.6) is 5.88 Å². The van der Waals surface area contributed by atoms with Gasteiger partial charge in [-0.25, -0.2) is 4.98 Å². The van der Waals surface area contributed by atoms with Gasteiger partial charge in [-0.1, -0.05) is 0 Å². The van der Waals surface area contributed by atoms with E-state index in [0.717, 1.165) is 22.2 Å². The molecule has 1 aromatic carbocycles. The molecule has 3 heterocycles. The molecular formula is C20H23N5O2. The van der Waals surface area contributed by atoms with Crippen LogP contribution >= 0.6 is 0 Å². The molecule has 2 aromatic heterocycles. The van der Waals surface area contributed by atoms with Crippen LogP contribution in [-0.4, -0.2) is 59.0 Å². The zero-order valence-corrected chi connectivity index (χ0v) is 15.8. The molecule has 0 saturated carbocycles. The summed E-state index contributed by atoms with van der Waals surface area (Å²) in [7, 11) is 1.59. The lowest BCUT2D eigenvalue weighted by atomic mass is 10.1. The minimum Gasteiger partial charge on any atom is -0.481 e. The Bertz CT molecular complexity index is 989. The van der Waals surface area contributed by atoms with E-state index in [1.807, 2.05) is 23.1 Å². The SMILES string of the molecule is COc1ccnc(N2CCN(C(=O)c3ccc4[nH]c(C)c(C)c4c3)CC2)n1. The highest BCUT2D eigenvalue weighted by atomic mass is 16.5. The van der Waals surface area contributed by atoms with Crippen LogP contribution in [0.4, 0.5) is 5.95 Å². The predicted molar refractivity (Wildman–Crippen MR) is 104 cm³/mol. The van der Waals surface area contributed by atoms with E-state index in [0.29, 0.717) is 38.0 Å². The van der Waals surface area contributed by atoms with E-state index < -0.39 is 0 Å². The molecule has 1 N–H and O–H groups in total. The van der Waals surface area contributed by atoms with E-state index in [1.165, 1.54) is 5.56 Å². The second-order valence-electron chi connectivity index (χ2n) is 6.81. The van der Waals surface area contributed by atoms with Crippen LogP contribution in [0, 0.1) is 13.8 Å². The van der Waals surface area contributed by atoms with E-state index in [9.17, 15) is 4.79 Å². The van der Waals surface area contributed by atoms with Gasteiger partial charge < -0.3 is 19.5 Å². The number of carbonyl (C=O) groups excluding carboxylic acids is 1. The third-order valence-corrected chi connectivity index (χ3v) is 5.23. The van der Waals surface area contributed by atoms with Gasteiger partial charge in [0.25, 0.3) is 5.91 Å². The topological polar surface area (TPSA) is 74.3 Å². The van der Waals surface area contributed by atoms with Crippen LogP contribution in [0.25, 0.3) is 10.9 Å². The number of hydrogen-bond acceptors (Lipinski definition) is 5. The lowest BCUT2D eigenvalue weighted by Crippen LogP contribution is -2.49. The summed E-state index contributed by atoms with van der Waals surface area (Å²) in [6.45, 7) is 6.81. The van der Waals surface area contributed by atoms with Gasteiger partial charge in [0, 0.05) is 60.6 Å². The van der Waals surface area contributed by atoms with Crippen LogP contribution in [-0.2, 0) is 0 Å². The number of hydrogen-bond donors (Lipinski definition) is 1. The van der Waals surface area contributed by atoms with Crippen LogP contribution in [0.15, 0.2) is 30.5 Å². The Hall–Kier alpha value is -3.09. The van der Waals surface area contributed by atoms with Gasteiger partial charge in [-0.3, -0.25) is 4.79 Å². The van der Waals surface area contributed by atoms with Crippen LogP contribution in [0.1, 0.15) is 21.6 Å². The number of aryl methyl sites for hydroxylation is 2. The molecule has 1 amide bonds. The fourth-order valence-corrected chi connectivity index (χ4v) is 3.48. The molecule has 0 bridgehead atoms. The minimum absolute atomic E-state index is 0.0707. The number of anilines is 1. The number of amides is 1. The van der Waals surface area contributed by atoms with Crippen molar-refractivity contribution in [1.82, 2.24) is 19.9 Å². The van der Waals surface area contributed by atoms with Gasteiger partial charge in [-0.05, 0) is 37.6 Å². The quantitative estimate of drug-likeness (QED) is 0.772. The first-order valence-electron chi connectivity index (χ1n) is 9.07. The normalized spacial score (nSPS) is 14.6. The van der Waals surface area contributed by atoms with Crippen LogP contribution in [0.3, 0.4) is 0 Å². The molecule has 1 aliphatic heterocycles. The van der Waals surface area contributed by atoms with Crippen LogP contribution < -0.4 is 9.64 Å². The summed E-state index contributed by atoms with van der Waals surface area (Å²) in [5, 5.41) is 1.11. The molecule has 1 saturated heterocycles. The second-order valence-corrected chi connectivity index (χ2v) is 6.81. The molecule has 0 radical (unpaired) electrons. The molecule has 0 atom stereocenters. The lowest BCUT2D eigenvalue weighted by molar-refractivity contribution is 0.0746. The number of benzene rings is 1. The highest BCUT2D eigenvalue weighted by Crippen LogP contribution is 2.23. The van der Waals surface area contributed by atoms with Crippen molar-refractivity contribution in [2.24, 2.45) is 0 Å². The van der Waals surface area contributed by atoms with Crippen LogP contribution in [0.2, 0.25) is 0 Å². The van der Waals surface area contributed by atoms with Crippen molar-refractivity contribution in [2.75, 3.05) is 38.2 Å². The van der Waals surface area contributed by atoms with Crippen molar-refractivity contribution in [3.05, 3.63) is 47.3 Å². The molecule has 27 heavy (non-hydrogen) atoms. The maximum Gasteiger partial charge on any atom is 0.253 e. The van der Waals surface area contributed by atoms with Gasteiger partial charge in [0.15, 0.2) is 0 Å². The third-order valence-electron chi connectivity index (χ3n) is 5.23. The van der Waals surface area contributed by atoms with Gasteiger partial charge in [0.1, 0.15) is 0 Å². The van der Waals surface area contributed by atoms with E-state index in [2.05, 4.69) is 33.7 Å². The second kappa shape index (κ2) is 6.90. The average Bonchev–Trinajstić information content (AvgIpc) is 3.01. The Morgan fingerprint density at radius 2 is 1.93 bits per heavy atom. The maximum atomic E-state index is 13.0. The third kappa shape index (κ3) is 3.20. The zero-order valence-electron chi connectivity index (χ0n) is 15.8. The van der Waals surface area contributed by atoms with Gasteiger partial charge in [0.05, 0.1) is 7.11 Å². The predicted octanol–water partition coefficient (Wildman–Crippen LogP) is 2.55. The lowest BCUT2D eigenvalue weighted by Gasteiger charge is -2.34. The number of fused-ring (bicyclic) bond motifs is 1. The Morgan fingerprint density at radius 1 is 1.15 bits per heavy atom. The molecule has 0 spiro atoms. The number of nitrogens with zero attached hydrogens (tertiary/aromatic N) is 4. The van der Waals surface area contributed by atoms with Crippen molar-refractivity contribution in [3.8, 4) is 5.88 Å². The minimum atomic E-state index is 0.0707. The van der Waals surface area contributed by atoms with E-state index in [-0.39, 0.29) is 5.91 Å². The van der Waals surface area contributed by atoms with Crippen molar-refractivity contribution in [2.45, 2.75) is 13.8 Å². The first-order valence-corrected chi connectivity index (χ1v) is 9.07. The molecule has 7 nitrogen and oxygen atoms in total. The first-order chi connectivity index (χ1) is 13.1. The fourth-order valence-electron chi connectivity index (χ4n) is 3.48. The zero-order chi connectivity index (χ0) is 19.0. The molecule has 4 rings (SSSR count). The van der Waals surface area contributed by atoms with Crippen molar-refractivity contribution in [3.63, 3.8) is 0 Å². The number of aromatic amines is 1. The van der Waals surface area contributed by atoms with Gasteiger partial charge in [-0.2, -0.15) is 4.98 Å². The largest absolute Gasteiger partial charge is 0.481 e. The van der Waals surface area contributed by atoms with E-state index >= 15 is 0 Å². The molecule has 7 heteroatoms. The fraction of sp³-hybridized carbons (Fsp3) is 0.350. The van der Waals surface area contributed by atoms with Crippen molar-refractivity contribution >= 4 is 22.8 Å². The highest BCUT2D eigenvalue weighted by molar-refractivity contribution is 5.99. The summed E-state index contributed by atoms with van der Waals surface area (Å²) in [6, 6.07) is 7.61. The molecule has 140 valence electrons. The Morgan fingerprint density at radius 3 is 2.67 bits per heavy atom. The molecule has 1 fully saturated rings. The summed E-state index contributed by atoms with van der Waals surface area (Å²) >= 11 is 0. The molecule has 1 aliphatic rings. The maximum absolute atomic E-state index is 13.0. The summed E-state index contributed by atoms with van der Waals surface area (Å²) in [6.07, 6.45) is 1.69. The highest BCUT2D eigenvalue weighted by Gasteiger charge is 2.24. The molecule has 0 unspecified atom stereocenters. The Labute approximate surface area is 158 Å². The monoisotopic (exact) mass is 365 g/mol. The van der Waals surface area contributed by atoms with Gasteiger partial charge in [-0.15, -0.1) is 0 Å². The van der Waals surface area contributed by atoms with Gasteiger partial charge >= 0.3 is 0 Å². The summed E-state index contributed by atoms with van der Waals surface area (Å²) in [5.41, 5.74) is 4.14. The number of ether oxygens (including phenoxy) is 1. The van der Waals surface area contributed by atoms with Gasteiger partial charge in [0.2, 0.25) is 11.8 Å². The standard InChI is InChI=1S/C20H23N5O2/c1-13-14(2)22-17-5-4-15(12-16(13)17)19(26)24-8-10-25(11-9-24)20-21-7-6-18(23-20)27-3/h4-7,12,22H,8-11H2,1-3H3. The number of nitrogens with one attached hydrogen (secondary N) is 1. The Kier molecular flexibility index (Phi) is 4.43. The molecule has 3 aromatic rings. The number of methoxy groups -OCH3 is 1. The number of carbonyl (C=O) groups is 1. The summed E-state index contributed by atoms with van der Waals surface area (Å²) < 4.78 is 5.16. The number of H-pyrrole nitrogens is 1. The number of piperazine rings is 1. The van der Waals surface area contributed by atoms with Crippen molar-refractivity contribution < 1.29 is 9.53 Å². The van der Waals surface area contributed by atoms with E-state index in [1.54, 1.807) is 19.4 Å². The molecule has 0 aliphatic carbocycles. The summed E-state index contributed by atoms with van der Waals surface area (Å²) in [5.74, 6) is 1.26. The average molecular weight is 365 g/mol. The van der Waals surface area contributed by atoms with Crippen molar-refractivity contribution in [1.29, 1.82) is 0 Å². The number of rotatable bonds is 3. The summed E-state index contributed by atoms with van der Waals surface area (Å²) in [4.78, 5) is 29.0. The number of aromatic nitrogens is 3. The Balaban J connectivity index is 1.47.